The molecule has 1 amide bonds. The van der Waals surface area contributed by atoms with Crippen molar-refractivity contribution in [3.05, 3.63) is 114 Å². The number of para-hydroxylation sites is 1. The maximum absolute atomic E-state index is 14.2. The molecule has 2 heterocycles. The smallest absolute Gasteiger partial charge is 0.253 e. The summed E-state index contributed by atoms with van der Waals surface area (Å²) < 4.78 is 27.0. The second kappa shape index (κ2) is 13.2. The largest absolute Gasteiger partial charge is 0.497 e. The van der Waals surface area contributed by atoms with Gasteiger partial charge in [-0.25, -0.2) is 4.39 Å². The molecule has 224 valence electrons. The molecular formula is C34H32FN5O3S. The van der Waals surface area contributed by atoms with E-state index in [4.69, 9.17) is 9.47 Å². The molecule has 0 spiro atoms. The Hall–Kier alpha value is -4.83. The van der Waals surface area contributed by atoms with Gasteiger partial charge in [0, 0.05) is 48.7 Å². The lowest BCUT2D eigenvalue weighted by molar-refractivity contribution is 0.0746. The standard InChI is InChI=1S/C34H32FN5O3S/c1-42-28-16-14-27(15-17-28)40-32(26-6-5-7-29(22-26)43-2)36-37-34(40)44-23-24-10-12-25(13-11-24)33(41)39-20-18-38(19-21-39)31-9-4-3-8-30(31)35/h3-17,22H,18-21,23H2,1-2H3. The van der Waals surface area contributed by atoms with E-state index in [1.807, 2.05) is 93.2 Å². The molecule has 0 atom stereocenters. The summed E-state index contributed by atoms with van der Waals surface area (Å²) in [5.74, 6) is 2.59. The molecule has 1 fully saturated rings. The van der Waals surface area contributed by atoms with Crippen molar-refractivity contribution >= 4 is 23.4 Å². The second-order valence-electron chi connectivity index (χ2n) is 10.3. The molecule has 1 aromatic heterocycles. The summed E-state index contributed by atoms with van der Waals surface area (Å²) in [7, 11) is 3.28. The Labute approximate surface area is 260 Å². The number of amides is 1. The van der Waals surface area contributed by atoms with Crippen molar-refractivity contribution < 1.29 is 18.7 Å². The molecule has 1 saturated heterocycles. The lowest BCUT2D eigenvalue weighted by atomic mass is 10.1. The summed E-state index contributed by atoms with van der Waals surface area (Å²) in [4.78, 5) is 17.0. The van der Waals surface area contributed by atoms with Gasteiger partial charge in [0.05, 0.1) is 19.9 Å². The zero-order chi connectivity index (χ0) is 30.5. The van der Waals surface area contributed by atoms with Crippen molar-refractivity contribution in [3.63, 3.8) is 0 Å². The number of carbonyl (C=O) groups excluding carboxylic acids is 1. The predicted octanol–water partition coefficient (Wildman–Crippen LogP) is 6.35. The molecule has 4 aromatic carbocycles. The summed E-state index contributed by atoms with van der Waals surface area (Å²) in [6.45, 7) is 2.27. The molecule has 0 bridgehead atoms. The van der Waals surface area contributed by atoms with Gasteiger partial charge in [-0.2, -0.15) is 0 Å². The minimum absolute atomic E-state index is 0.0143. The quantitative estimate of drug-likeness (QED) is 0.181. The van der Waals surface area contributed by atoms with E-state index in [2.05, 4.69) is 10.2 Å². The SMILES string of the molecule is COc1ccc(-n2c(SCc3ccc(C(=O)N4CCN(c5ccccc5F)CC4)cc3)nnc2-c2cccc(OC)c2)cc1. The number of halogens is 1. The molecular weight excluding hydrogens is 577 g/mol. The molecule has 0 unspecified atom stereocenters. The number of hydrogen-bond acceptors (Lipinski definition) is 7. The van der Waals surface area contributed by atoms with E-state index in [0.29, 0.717) is 49.0 Å². The zero-order valence-corrected chi connectivity index (χ0v) is 25.3. The van der Waals surface area contributed by atoms with Crippen LogP contribution in [0.25, 0.3) is 17.1 Å². The molecule has 5 aromatic rings. The van der Waals surface area contributed by atoms with Gasteiger partial charge >= 0.3 is 0 Å². The summed E-state index contributed by atoms with van der Waals surface area (Å²) in [5, 5.41) is 9.82. The predicted molar refractivity (Wildman–Crippen MR) is 170 cm³/mol. The number of carbonyl (C=O) groups is 1. The highest BCUT2D eigenvalue weighted by molar-refractivity contribution is 7.98. The van der Waals surface area contributed by atoms with E-state index in [0.717, 1.165) is 33.5 Å². The maximum Gasteiger partial charge on any atom is 0.253 e. The second-order valence-corrected chi connectivity index (χ2v) is 11.2. The van der Waals surface area contributed by atoms with Crippen LogP contribution in [0.3, 0.4) is 0 Å². The lowest BCUT2D eigenvalue weighted by Gasteiger charge is -2.36. The van der Waals surface area contributed by atoms with E-state index < -0.39 is 0 Å². The van der Waals surface area contributed by atoms with Gasteiger partial charge < -0.3 is 19.3 Å². The third-order valence-corrected chi connectivity index (χ3v) is 8.62. The molecule has 8 nitrogen and oxygen atoms in total. The summed E-state index contributed by atoms with van der Waals surface area (Å²) >= 11 is 1.57. The Morgan fingerprint density at radius 1 is 0.818 bits per heavy atom. The van der Waals surface area contributed by atoms with Crippen molar-refractivity contribution in [2.45, 2.75) is 10.9 Å². The Kier molecular flexibility index (Phi) is 8.79. The van der Waals surface area contributed by atoms with Gasteiger partial charge in [-0.1, -0.05) is 48.2 Å². The van der Waals surface area contributed by atoms with Crippen LogP contribution >= 0.6 is 11.8 Å². The highest BCUT2D eigenvalue weighted by atomic mass is 32.2. The summed E-state index contributed by atoms with van der Waals surface area (Å²) in [5.41, 5.74) is 4.08. The van der Waals surface area contributed by atoms with Gasteiger partial charge in [-0.05, 0) is 66.2 Å². The van der Waals surface area contributed by atoms with Crippen LogP contribution in [0.5, 0.6) is 11.5 Å². The number of ether oxygens (including phenoxy) is 2. The molecule has 0 radical (unpaired) electrons. The lowest BCUT2D eigenvalue weighted by Crippen LogP contribution is -2.49. The van der Waals surface area contributed by atoms with Gasteiger partial charge in [-0.3, -0.25) is 9.36 Å². The van der Waals surface area contributed by atoms with E-state index in [-0.39, 0.29) is 11.7 Å². The van der Waals surface area contributed by atoms with Crippen molar-refractivity contribution in [3.8, 4) is 28.6 Å². The highest BCUT2D eigenvalue weighted by Gasteiger charge is 2.24. The molecule has 1 aliphatic heterocycles. The number of benzene rings is 4. The van der Waals surface area contributed by atoms with Crippen molar-refractivity contribution in [2.24, 2.45) is 0 Å². The molecule has 6 rings (SSSR count). The number of rotatable bonds is 9. The Morgan fingerprint density at radius 3 is 2.25 bits per heavy atom. The van der Waals surface area contributed by atoms with Crippen LogP contribution in [0, 0.1) is 5.82 Å². The van der Waals surface area contributed by atoms with E-state index in [1.165, 1.54) is 6.07 Å². The monoisotopic (exact) mass is 609 g/mol. The van der Waals surface area contributed by atoms with Crippen LogP contribution < -0.4 is 14.4 Å². The minimum atomic E-state index is -0.237. The molecule has 0 saturated carbocycles. The molecule has 1 aliphatic rings. The van der Waals surface area contributed by atoms with E-state index >= 15 is 0 Å². The Morgan fingerprint density at radius 2 is 1.55 bits per heavy atom. The number of aromatic nitrogens is 3. The number of piperazine rings is 1. The van der Waals surface area contributed by atoms with Crippen LogP contribution in [0.1, 0.15) is 15.9 Å². The van der Waals surface area contributed by atoms with Crippen LogP contribution in [0.4, 0.5) is 10.1 Å². The van der Waals surface area contributed by atoms with Crippen molar-refractivity contribution in [2.75, 3.05) is 45.3 Å². The Bertz CT molecular complexity index is 1740. The van der Waals surface area contributed by atoms with Crippen LogP contribution in [-0.2, 0) is 5.75 Å². The average molecular weight is 610 g/mol. The zero-order valence-electron chi connectivity index (χ0n) is 24.5. The van der Waals surface area contributed by atoms with E-state index in [9.17, 15) is 9.18 Å². The van der Waals surface area contributed by atoms with Gasteiger partial charge in [0.2, 0.25) is 0 Å². The van der Waals surface area contributed by atoms with Gasteiger partial charge in [0.15, 0.2) is 11.0 Å². The first-order chi connectivity index (χ1) is 21.5. The van der Waals surface area contributed by atoms with Gasteiger partial charge in [0.1, 0.15) is 17.3 Å². The number of nitrogens with zero attached hydrogens (tertiary/aromatic N) is 5. The molecule has 10 heteroatoms. The van der Waals surface area contributed by atoms with Crippen LogP contribution in [0.2, 0.25) is 0 Å². The van der Waals surface area contributed by atoms with Gasteiger partial charge in [-0.15, -0.1) is 10.2 Å². The fourth-order valence-corrected chi connectivity index (χ4v) is 6.12. The first-order valence-corrected chi connectivity index (χ1v) is 15.3. The first kappa shape index (κ1) is 29.3. The fourth-order valence-electron chi connectivity index (χ4n) is 5.21. The fraction of sp³-hybridized carbons (Fsp3) is 0.206. The van der Waals surface area contributed by atoms with Crippen molar-refractivity contribution in [1.82, 2.24) is 19.7 Å². The average Bonchev–Trinajstić information content (AvgIpc) is 3.51. The molecule has 44 heavy (non-hydrogen) atoms. The van der Waals surface area contributed by atoms with E-state index in [1.54, 1.807) is 38.1 Å². The number of hydrogen-bond donors (Lipinski definition) is 0. The maximum atomic E-state index is 14.2. The van der Waals surface area contributed by atoms with Crippen LogP contribution in [-0.4, -0.2) is 66.0 Å². The first-order valence-electron chi connectivity index (χ1n) is 14.3. The highest BCUT2D eigenvalue weighted by Crippen LogP contribution is 2.32. The van der Waals surface area contributed by atoms with Crippen LogP contribution in [0.15, 0.2) is 102 Å². The summed E-state index contributed by atoms with van der Waals surface area (Å²) in [6.07, 6.45) is 0. The minimum Gasteiger partial charge on any atom is -0.497 e. The number of thioether (sulfide) groups is 1. The molecule has 0 aliphatic carbocycles. The Balaban J connectivity index is 1.15. The normalized spacial score (nSPS) is 13.2. The topological polar surface area (TPSA) is 72.7 Å². The third kappa shape index (κ3) is 6.26. The molecule has 0 N–H and O–H groups in total. The number of anilines is 1. The summed E-state index contributed by atoms with van der Waals surface area (Å²) in [6, 6.07) is 30.0. The third-order valence-electron chi connectivity index (χ3n) is 7.62. The number of methoxy groups -OCH3 is 2. The van der Waals surface area contributed by atoms with Gasteiger partial charge in [0.25, 0.3) is 5.91 Å². The van der Waals surface area contributed by atoms with Crippen molar-refractivity contribution in [1.29, 1.82) is 0 Å².